The fourth-order valence-corrected chi connectivity index (χ4v) is 7.33. The van der Waals surface area contributed by atoms with Gasteiger partial charge in [0.15, 0.2) is 26.8 Å². The third kappa shape index (κ3) is 12.4. The molecule has 250 valence electrons. The van der Waals surface area contributed by atoms with Crippen LogP contribution in [0.3, 0.4) is 0 Å². The van der Waals surface area contributed by atoms with Crippen molar-refractivity contribution in [1.29, 1.82) is 0 Å². The predicted molar refractivity (Wildman–Crippen MR) is 193 cm³/mol. The van der Waals surface area contributed by atoms with Crippen molar-refractivity contribution in [2.75, 3.05) is 6.61 Å². The molecule has 0 bridgehead atoms. The Balaban J connectivity index is 1.15. The van der Waals surface area contributed by atoms with Crippen molar-refractivity contribution >= 4 is 9.52 Å². The maximum atomic E-state index is 6.24. The fraction of sp³-hybridized carbons (Fsp3) is 0.600. The van der Waals surface area contributed by atoms with Crippen LogP contribution in [0.4, 0.5) is 0 Å². The first kappa shape index (κ1) is 36.0. The molecule has 0 fully saturated rings. The number of benzene rings is 2. The van der Waals surface area contributed by atoms with E-state index in [1.807, 2.05) is 42.7 Å². The molecule has 5 nitrogen and oxygen atoms in total. The molecule has 2 heterocycles. The molecule has 2 aromatic carbocycles. The van der Waals surface area contributed by atoms with Gasteiger partial charge in [0.1, 0.15) is 5.75 Å². The maximum Gasteiger partial charge on any atom is 0.215 e. The minimum atomic E-state index is -0.190. The molecule has 0 saturated heterocycles. The molecule has 0 amide bonds. The monoisotopic (exact) mass is 642 g/mol. The van der Waals surface area contributed by atoms with Gasteiger partial charge in [0.2, 0.25) is 5.91 Å². The highest BCUT2D eigenvalue weighted by molar-refractivity contribution is 6.38. The van der Waals surface area contributed by atoms with Crippen molar-refractivity contribution in [3.05, 3.63) is 54.9 Å². The molecule has 4 rings (SSSR count). The van der Waals surface area contributed by atoms with Gasteiger partial charge in [0.05, 0.1) is 6.61 Å². The third-order valence-electron chi connectivity index (χ3n) is 9.08. The van der Waals surface area contributed by atoms with Gasteiger partial charge in [-0.3, -0.25) is 0 Å². The molecule has 0 saturated carbocycles. The summed E-state index contributed by atoms with van der Waals surface area (Å²) in [6.45, 7) is 10.1. The summed E-state index contributed by atoms with van der Waals surface area (Å²) in [4.78, 5) is 9.35. The Bertz CT molecular complexity index is 1250. The van der Waals surface area contributed by atoms with E-state index in [1.165, 1.54) is 96.3 Å². The van der Waals surface area contributed by atoms with E-state index in [2.05, 4.69) is 49.8 Å². The van der Waals surface area contributed by atoms with Gasteiger partial charge in [-0.15, -0.1) is 0 Å². The molecule has 3 unspecified atom stereocenters. The van der Waals surface area contributed by atoms with Crippen LogP contribution in [0.2, 0.25) is 5.54 Å². The molecule has 0 N–H and O–H groups in total. The van der Waals surface area contributed by atoms with Crippen LogP contribution in [0.5, 0.6) is 17.2 Å². The smallest absolute Gasteiger partial charge is 0.215 e. The number of hydrogen-bond acceptors (Lipinski definition) is 5. The number of nitrogens with zero attached hydrogens (tertiary/aromatic N) is 2. The number of fused-ring (bicyclic) bond motifs is 1. The lowest BCUT2D eigenvalue weighted by Gasteiger charge is -2.15. The van der Waals surface area contributed by atoms with Crippen LogP contribution in [-0.2, 0) is 0 Å². The molecule has 46 heavy (non-hydrogen) atoms. The zero-order valence-corrected chi connectivity index (χ0v) is 30.1. The molecule has 0 spiro atoms. The van der Waals surface area contributed by atoms with E-state index in [1.54, 1.807) is 0 Å². The third-order valence-corrected chi connectivity index (χ3v) is 10.4. The minimum Gasteiger partial charge on any atom is -0.494 e. The first-order valence-electron chi connectivity index (χ1n) is 18.3. The van der Waals surface area contributed by atoms with Crippen LogP contribution in [-0.4, -0.2) is 32.0 Å². The van der Waals surface area contributed by atoms with Crippen molar-refractivity contribution in [3.8, 4) is 39.8 Å². The normalized spacial score (nSPS) is 15.2. The van der Waals surface area contributed by atoms with E-state index in [0.29, 0.717) is 20.9 Å². The van der Waals surface area contributed by atoms with Gasteiger partial charge in [-0.2, -0.15) is 0 Å². The van der Waals surface area contributed by atoms with Crippen molar-refractivity contribution in [2.24, 2.45) is 5.92 Å². The molecule has 3 aromatic rings. The highest BCUT2D eigenvalue weighted by Gasteiger charge is 2.27. The van der Waals surface area contributed by atoms with Crippen molar-refractivity contribution in [2.45, 2.75) is 142 Å². The Morgan fingerprint density at radius 3 is 1.98 bits per heavy atom. The number of ether oxygens (including phenoxy) is 3. The first-order chi connectivity index (χ1) is 22.6. The quantitative estimate of drug-likeness (QED) is 0.0761. The second-order valence-electron chi connectivity index (χ2n) is 13.3. The average Bonchev–Trinajstić information content (AvgIpc) is 3.48. The zero-order valence-electron chi connectivity index (χ0n) is 29.1. The molecular formula is C40H58N2O3Si. The molecule has 2 radical (unpaired) electrons. The van der Waals surface area contributed by atoms with Gasteiger partial charge in [-0.25, -0.2) is 9.97 Å². The molecule has 3 atom stereocenters. The van der Waals surface area contributed by atoms with E-state index in [9.17, 15) is 0 Å². The number of unbranched alkanes of at least 4 members (excludes halogenated alkanes) is 10. The molecular weight excluding hydrogens is 585 g/mol. The largest absolute Gasteiger partial charge is 0.494 e. The Morgan fingerprint density at radius 1 is 0.652 bits per heavy atom. The van der Waals surface area contributed by atoms with Crippen LogP contribution in [0.25, 0.3) is 22.5 Å². The highest BCUT2D eigenvalue weighted by atomic mass is 28.2. The van der Waals surface area contributed by atoms with Crippen LogP contribution < -0.4 is 14.2 Å². The van der Waals surface area contributed by atoms with Gasteiger partial charge >= 0.3 is 0 Å². The van der Waals surface area contributed by atoms with E-state index >= 15 is 0 Å². The molecule has 6 heteroatoms. The number of aromatic nitrogens is 2. The summed E-state index contributed by atoms with van der Waals surface area (Å²) in [6.07, 6.45) is 24.9. The second kappa shape index (κ2) is 20.4. The summed E-state index contributed by atoms with van der Waals surface area (Å²) in [5.74, 6) is 3.90. The first-order valence-corrected chi connectivity index (χ1v) is 19.5. The standard InChI is InChI=1S/C40H58N2O3Si/c1-5-7-9-10-13-17-27-43-36-24-21-33(22-25-36)35-29-41-39(42-30-35)34-23-26-37-38(28-34)45-40(44-37)46-32(4)20-16-12-11-15-19-31(3)18-14-8-6-2/h21-26,28-32,40H,5-20,27H2,1-4H3. The van der Waals surface area contributed by atoms with Crippen LogP contribution >= 0.6 is 0 Å². The van der Waals surface area contributed by atoms with E-state index < -0.39 is 0 Å². The topological polar surface area (TPSA) is 53.5 Å². The second-order valence-corrected chi connectivity index (χ2v) is 15.1. The van der Waals surface area contributed by atoms with Gasteiger partial charge in [0.25, 0.3) is 0 Å². The van der Waals surface area contributed by atoms with Gasteiger partial charge in [-0.1, -0.05) is 136 Å². The molecule has 1 aliphatic rings. The van der Waals surface area contributed by atoms with Crippen LogP contribution in [0.15, 0.2) is 54.9 Å². The summed E-state index contributed by atoms with van der Waals surface area (Å²) >= 11 is 0. The Hall–Kier alpha value is -2.86. The Kier molecular flexibility index (Phi) is 15.9. The summed E-state index contributed by atoms with van der Waals surface area (Å²) in [5, 5.41) is 0. The van der Waals surface area contributed by atoms with Gasteiger partial charge in [0, 0.05) is 23.5 Å². The zero-order chi connectivity index (χ0) is 32.4. The van der Waals surface area contributed by atoms with Crippen LogP contribution in [0.1, 0.15) is 130 Å². The van der Waals surface area contributed by atoms with Gasteiger partial charge in [-0.05, 0) is 53.8 Å². The maximum absolute atomic E-state index is 6.24. The van der Waals surface area contributed by atoms with Crippen LogP contribution in [0, 0.1) is 5.92 Å². The lowest BCUT2D eigenvalue weighted by molar-refractivity contribution is 0.122. The number of rotatable bonds is 23. The minimum absolute atomic E-state index is 0.190. The molecule has 1 aromatic heterocycles. The Labute approximate surface area is 282 Å². The van der Waals surface area contributed by atoms with E-state index in [0.717, 1.165) is 52.9 Å². The van der Waals surface area contributed by atoms with E-state index in [4.69, 9.17) is 14.2 Å². The molecule has 0 aliphatic carbocycles. The summed E-state index contributed by atoms with van der Waals surface area (Å²) in [5.41, 5.74) is 3.60. The average molecular weight is 643 g/mol. The number of hydrogen-bond donors (Lipinski definition) is 0. The lowest BCUT2D eigenvalue weighted by Crippen LogP contribution is -2.28. The lowest BCUT2D eigenvalue weighted by atomic mass is 9.96. The van der Waals surface area contributed by atoms with Crippen molar-refractivity contribution in [1.82, 2.24) is 9.97 Å². The SMILES string of the molecule is CCCCCCCCOc1ccc(-c2cnc(-c3ccc4c(c3)OC([Si]C(C)CCCCCCC(C)CCCCC)O4)nc2)cc1. The van der Waals surface area contributed by atoms with E-state index in [-0.39, 0.29) is 5.91 Å². The predicted octanol–water partition coefficient (Wildman–Crippen LogP) is 11.7. The van der Waals surface area contributed by atoms with Crippen molar-refractivity contribution in [3.63, 3.8) is 0 Å². The summed E-state index contributed by atoms with van der Waals surface area (Å²) in [7, 11) is 0.622. The highest BCUT2D eigenvalue weighted by Crippen LogP contribution is 2.38. The van der Waals surface area contributed by atoms with Gasteiger partial charge < -0.3 is 14.2 Å². The Morgan fingerprint density at radius 2 is 1.24 bits per heavy atom. The molecule has 1 aliphatic heterocycles. The summed E-state index contributed by atoms with van der Waals surface area (Å²) < 4.78 is 18.3. The van der Waals surface area contributed by atoms with Crippen molar-refractivity contribution < 1.29 is 14.2 Å². The fourth-order valence-electron chi connectivity index (χ4n) is 6.10. The summed E-state index contributed by atoms with van der Waals surface area (Å²) in [6, 6.07) is 14.2.